The van der Waals surface area contributed by atoms with E-state index in [0.29, 0.717) is 11.6 Å². The number of hydrogen-bond acceptors (Lipinski definition) is 4. The number of fused-ring (bicyclic) bond motifs is 1. The number of rotatable bonds is 12. The van der Waals surface area contributed by atoms with Crippen molar-refractivity contribution in [3.8, 4) is 0 Å². The van der Waals surface area contributed by atoms with Gasteiger partial charge in [0.1, 0.15) is 6.04 Å². The Morgan fingerprint density at radius 2 is 1.51 bits per heavy atom. The molecule has 0 spiro atoms. The van der Waals surface area contributed by atoms with Crippen molar-refractivity contribution >= 4 is 44.2 Å². The van der Waals surface area contributed by atoms with E-state index >= 15 is 0 Å². The number of benzene rings is 4. The van der Waals surface area contributed by atoms with E-state index in [2.05, 4.69) is 5.32 Å². The molecule has 0 aliphatic rings. The summed E-state index contributed by atoms with van der Waals surface area (Å²) >= 11 is 6.08. The minimum absolute atomic E-state index is 0.0947. The number of hydrogen-bond donors (Lipinski definition) is 1. The van der Waals surface area contributed by atoms with Crippen molar-refractivity contribution in [2.75, 3.05) is 20.1 Å². The molecule has 0 saturated heterocycles. The molecule has 0 bridgehead atoms. The molecule has 214 valence electrons. The largest absolute Gasteiger partial charge is 0.354 e. The quantitative estimate of drug-likeness (QED) is 0.243. The minimum atomic E-state index is -3.99. The van der Waals surface area contributed by atoms with E-state index in [1.165, 1.54) is 11.9 Å². The Labute approximate surface area is 246 Å². The molecular formula is C32H34ClN3O4S. The molecule has 0 fully saturated rings. The molecule has 0 aromatic heterocycles. The molecule has 0 unspecified atom stereocenters. The molecule has 0 aliphatic carbocycles. The van der Waals surface area contributed by atoms with Crippen LogP contribution in [-0.2, 0) is 32.6 Å². The number of amides is 2. The fraction of sp³-hybridized carbons (Fsp3) is 0.250. The standard InChI is InChI=1S/C32H34ClN3O4S/c1-3-19-34-32(38)30(20-24-9-5-4-6-10-24)36(22-25-13-16-28(33)17-14-25)31(37)23-35(2)41(39,40)29-18-15-26-11-7-8-12-27(26)21-29/h4-18,21,30H,3,19-20,22-23H2,1-2H3,(H,34,38)/t30-/m0/s1. The van der Waals surface area contributed by atoms with E-state index in [4.69, 9.17) is 11.6 Å². The number of halogens is 1. The van der Waals surface area contributed by atoms with Crippen molar-refractivity contribution < 1.29 is 18.0 Å². The van der Waals surface area contributed by atoms with Gasteiger partial charge in [-0.3, -0.25) is 9.59 Å². The van der Waals surface area contributed by atoms with Crippen molar-refractivity contribution in [3.05, 3.63) is 113 Å². The first kappa shape index (κ1) is 30.2. The van der Waals surface area contributed by atoms with E-state index in [0.717, 1.165) is 32.6 Å². The second kappa shape index (κ2) is 13.8. The van der Waals surface area contributed by atoms with Crippen LogP contribution >= 0.6 is 11.6 Å². The van der Waals surface area contributed by atoms with Crippen molar-refractivity contribution in [1.29, 1.82) is 0 Å². The number of carbonyl (C=O) groups excluding carboxylic acids is 2. The van der Waals surface area contributed by atoms with Gasteiger partial charge >= 0.3 is 0 Å². The van der Waals surface area contributed by atoms with Crippen LogP contribution in [-0.4, -0.2) is 55.6 Å². The predicted octanol–water partition coefficient (Wildman–Crippen LogP) is 5.28. The summed E-state index contributed by atoms with van der Waals surface area (Å²) in [5, 5.41) is 5.18. The molecule has 4 rings (SSSR count). The fourth-order valence-electron chi connectivity index (χ4n) is 4.58. The first-order valence-corrected chi connectivity index (χ1v) is 15.3. The highest BCUT2D eigenvalue weighted by Gasteiger charge is 2.33. The average molecular weight is 592 g/mol. The van der Waals surface area contributed by atoms with E-state index < -0.39 is 28.5 Å². The molecule has 0 aliphatic heterocycles. The normalized spacial score (nSPS) is 12.3. The van der Waals surface area contributed by atoms with E-state index in [-0.39, 0.29) is 23.8 Å². The van der Waals surface area contributed by atoms with Gasteiger partial charge in [-0.2, -0.15) is 4.31 Å². The summed E-state index contributed by atoms with van der Waals surface area (Å²) in [5.74, 6) is -0.780. The highest BCUT2D eigenvalue weighted by molar-refractivity contribution is 7.89. The number of nitrogens with one attached hydrogen (secondary N) is 1. The summed E-state index contributed by atoms with van der Waals surface area (Å²) in [5.41, 5.74) is 1.65. The Hall–Kier alpha value is -3.72. The lowest BCUT2D eigenvalue weighted by Gasteiger charge is -2.32. The molecule has 4 aromatic rings. The monoisotopic (exact) mass is 591 g/mol. The Morgan fingerprint density at radius 1 is 0.854 bits per heavy atom. The van der Waals surface area contributed by atoms with Gasteiger partial charge in [-0.15, -0.1) is 0 Å². The van der Waals surface area contributed by atoms with Gasteiger partial charge in [-0.05, 0) is 52.6 Å². The van der Waals surface area contributed by atoms with Crippen LogP contribution in [0.15, 0.2) is 102 Å². The highest BCUT2D eigenvalue weighted by atomic mass is 35.5. The number of sulfonamides is 1. The van der Waals surface area contributed by atoms with Gasteiger partial charge in [0.15, 0.2) is 0 Å². The van der Waals surface area contributed by atoms with Crippen LogP contribution in [0.5, 0.6) is 0 Å². The maximum atomic E-state index is 13.9. The van der Waals surface area contributed by atoms with Gasteiger partial charge in [-0.1, -0.05) is 91.3 Å². The van der Waals surface area contributed by atoms with Crippen LogP contribution in [0.2, 0.25) is 5.02 Å². The van der Waals surface area contributed by atoms with Crippen LogP contribution in [0.1, 0.15) is 24.5 Å². The molecule has 0 radical (unpaired) electrons. The lowest BCUT2D eigenvalue weighted by Crippen LogP contribution is -2.53. The van der Waals surface area contributed by atoms with E-state index in [1.807, 2.05) is 61.5 Å². The van der Waals surface area contributed by atoms with Crippen molar-refractivity contribution in [2.45, 2.75) is 37.2 Å². The molecule has 1 N–H and O–H groups in total. The Morgan fingerprint density at radius 3 is 2.20 bits per heavy atom. The highest BCUT2D eigenvalue weighted by Crippen LogP contribution is 2.22. The van der Waals surface area contributed by atoms with E-state index in [9.17, 15) is 18.0 Å². The van der Waals surface area contributed by atoms with Crippen LogP contribution in [0.3, 0.4) is 0 Å². The average Bonchev–Trinajstić information content (AvgIpc) is 2.98. The molecule has 9 heteroatoms. The van der Waals surface area contributed by atoms with Crippen molar-refractivity contribution in [2.24, 2.45) is 0 Å². The summed E-state index contributed by atoms with van der Waals surface area (Å²) in [7, 11) is -2.61. The third-order valence-electron chi connectivity index (χ3n) is 6.87. The molecule has 0 saturated carbocycles. The first-order valence-electron chi connectivity index (χ1n) is 13.5. The minimum Gasteiger partial charge on any atom is -0.354 e. The van der Waals surface area contributed by atoms with E-state index in [1.54, 1.807) is 42.5 Å². The summed E-state index contributed by atoms with van der Waals surface area (Å²) in [4.78, 5) is 29.0. The van der Waals surface area contributed by atoms with Crippen LogP contribution in [0.4, 0.5) is 0 Å². The maximum Gasteiger partial charge on any atom is 0.243 e. The van der Waals surface area contributed by atoms with Crippen LogP contribution in [0, 0.1) is 0 Å². The second-order valence-corrected chi connectivity index (χ2v) is 12.4. The number of carbonyl (C=O) groups is 2. The smallest absolute Gasteiger partial charge is 0.243 e. The molecule has 7 nitrogen and oxygen atoms in total. The molecule has 4 aromatic carbocycles. The van der Waals surface area contributed by atoms with Gasteiger partial charge in [0.05, 0.1) is 11.4 Å². The summed E-state index contributed by atoms with van der Waals surface area (Å²) < 4.78 is 28.1. The molecule has 0 heterocycles. The van der Waals surface area contributed by atoms with Gasteiger partial charge in [0.2, 0.25) is 21.8 Å². The molecule has 2 amide bonds. The lowest BCUT2D eigenvalue weighted by atomic mass is 10.0. The summed E-state index contributed by atoms with van der Waals surface area (Å²) in [6, 6.07) is 28.0. The third kappa shape index (κ3) is 7.73. The van der Waals surface area contributed by atoms with Crippen LogP contribution < -0.4 is 5.32 Å². The molecule has 41 heavy (non-hydrogen) atoms. The van der Waals surface area contributed by atoms with Gasteiger partial charge in [-0.25, -0.2) is 8.42 Å². The lowest BCUT2D eigenvalue weighted by molar-refractivity contribution is -0.141. The number of likely N-dealkylation sites (N-methyl/N-ethyl adjacent to an activating group) is 1. The van der Waals surface area contributed by atoms with Crippen molar-refractivity contribution in [1.82, 2.24) is 14.5 Å². The topological polar surface area (TPSA) is 86.8 Å². The predicted molar refractivity (Wildman–Crippen MR) is 163 cm³/mol. The zero-order valence-corrected chi connectivity index (χ0v) is 24.7. The van der Waals surface area contributed by atoms with Gasteiger partial charge in [0.25, 0.3) is 0 Å². The van der Waals surface area contributed by atoms with Gasteiger partial charge in [0, 0.05) is 31.6 Å². The molecular weight excluding hydrogens is 558 g/mol. The summed E-state index contributed by atoms with van der Waals surface area (Å²) in [6.07, 6.45) is 1.01. The van der Waals surface area contributed by atoms with Crippen LogP contribution in [0.25, 0.3) is 10.8 Å². The Kier molecular flexibility index (Phi) is 10.2. The first-order chi connectivity index (χ1) is 19.7. The SMILES string of the molecule is CCCNC(=O)[C@H](Cc1ccccc1)N(Cc1ccc(Cl)cc1)C(=O)CN(C)S(=O)(=O)c1ccc2ccccc2c1. The Bertz CT molecular complexity index is 1590. The maximum absolute atomic E-state index is 13.9. The zero-order chi connectivity index (χ0) is 29.4. The fourth-order valence-corrected chi connectivity index (χ4v) is 5.86. The molecule has 1 atom stereocenters. The van der Waals surface area contributed by atoms with Crippen molar-refractivity contribution in [3.63, 3.8) is 0 Å². The Balaban J connectivity index is 1.65. The summed E-state index contributed by atoms with van der Waals surface area (Å²) in [6.45, 7) is 2.09. The number of nitrogens with zero attached hydrogens (tertiary/aromatic N) is 2. The zero-order valence-electron chi connectivity index (χ0n) is 23.2. The second-order valence-electron chi connectivity index (χ2n) is 9.91. The third-order valence-corrected chi connectivity index (χ3v) is 8.92. The van der Waals surface area contributed by atoms with Gasteiger partial charge < -0.3 is 10.2 Å².